The monoisotopic (exact) mass is 396 g/mol. The molecule has 3 N–H and O–H groups in total. The van der Waals surface area contributed by atoms with Gasteiger partial charge in [0, 0.05) is 12.1 Å². The van der Waals surface area contributed by atoms with Gasteiger partial charge in [-0.2, -0.15) is 0 Å². The average Bonchev–Trinajstić information content (AvgIpc) is 3.21. The topological polar surface area (TPSA) is 87.7 Å². The average molecular weight is 396 g/mol. The Morgan fingerprint density at radius 2 is 1.76 bits per heavy atom. The lowest BCUT2D eigenvalue weighted by molar-refractivity contribution is 0.0949. The molecule has 29 heavy (non-hydrogen) atoms. The number of benzene rings is 2. The quantitative estimate of drug-likeness (QED) is 0.607. The van der Waals surface area contributed by atoms with Crippen LogP contribution in [0.2, 0.25) is 0 Å². The molecule has 6 heteroatoms. The van der Waals surface area contributed by atoms with E-state index in [2.05, 4.69) is 10.6 Å². The summed E-state index contributed by atoms with van der Waals surface area (Å²) in [5.74, 6) is 0.337. The summed E-state index contributed by atoms with van der Waals surface area (Å²) in [6, 6.07) is 11.3. The van der Waals surface area contributed by atoms with E-state index >= 15 is 0 Å². The predicted octanol–water partition coefficient (Wildman–Crippen LogP) is 4.35. The summed E-state index contributed by atoms with van der Waals surface area (Å²) in [5, 5.41) is 15.3. The number of aromatic hydroxyl groups is 1. The standard InChI is InChI=1S/C23H28N2O4/c1-15(2)14-24-23(28)20-13-17(26)9-12-21(20)25-22(27)16-7-10-19(11-8-16)29-18-5-3-4-6-18/h7-13,15,18,26H,3-6,14H2,1-2H3,(H,24,28)(H,25,27). The van der Waals surface area contributed by atoms with Crippen LogP contribution in [0.5, 0.6) is 11.5 Å². The fraction of sp³-hybridized carbons (Fsp3) is 0.391. The highest BCUT2D eigenvalue weighted by Gasteiger charge is 2.18. The maximum atomic E-state index is 12.6. The number of ether oxygens (including phenoxy) is 1. The largest absolute Gasteiger partial charge is 0.508 e. The number of hydrogen-bond donors (Lipinski definition) is 3. The molecule has 2 amide bonds. The van der Waals surface area contributed by atoms with Gasteiger partial charge in [-0.05, 0) is 74.1 Å². The first-order valence-corrected chi connectivity index (χ1v) is 10.1. The van der Waals surface area contributed by atoms with E-state index in [1.807, 2.05) is 13.8 Å². The Hall–Kier alpha value is -3.02. The number of anilines is 1. The van der Waals surface area contributed by atoms with Gasteiger partial charge < -0.3 is 20.5 Å². The van der Waals surface area contributed by atoms with Gasteiger partial charge in [0.1, 0.15) is 11.5 Å². The van der Waals surface area contributed by atoms with Crippen LogP contribution >= 0.6 is 0 Å². The fourth-order valence-corrected chi connectivity index (χ4v) is 3.30. The zero-order chi connectivity index (χ0) is 20.8. The van der Waals surface area contributed by atoms with Crippen LogP contribution in [0, 0.1) is 5.92 Å². The highest BCUT2D eigenvalue weighted by molar-refractivity contribution is 6.09. The summed E-state index contributed by atoms with van der Waals surface area (Å²) in [6.07, 6.45) is 4.81. The summed E-state index contributed by atoms with van der Waals surface area (Å²) in [7, 11) is 0. The van der Waals surface area contributed by atoms with Crippen LogP contribution in [0.4, 0.5) is 5.69 Å². The molecule has 0 atom stereocenters. The number of rotatable bonds is 7. The first-order valence-electron chi connectivity index (χ1n) is 10.1. The Balaban J connectivity index is 1.68. The third kappa shape index (κ3) is 5.73. The number of phenolic OH excluding ortho intramolecular Hbond substituents is 1. The number of carbonyl (C=O) groups is 2. The van der Waals surface area contributed by atoms with Crippen molar-refractivity contribution in [1.82, 2.24) is 5.32 Å². The second kappa shape index (κ2) is 9.45. The van der Waals surface area contributed by atoms with Crippen molar-refractivity contribution >= 4 is 17.5 Å². The number of phenols is 1. The molecule has 0 bridgehead atoms. The van der Waals surface area contributed by atoms with Crippen LogP contribution in [-0.2, 0) is 0 Å². The maximum absolute atomic E-state index is 12.6. The highest BCUT2D eigenvalue weighted by Crippen LogP contribution is 2.25. The minimum Gasteiger partial charge on any atom is -0.508 e. The van der Waals surface area contributed by atoms with Crippen molar-refractivity contribution in [3.63, 3.8) is 0 Å². The first-order chi connectivity index (χ1) is 13.9. The molecule has 1 aliphatic carbocycles. The van der Waals surface area contributed by atoms with Crippen molar-refractivity contribution in [1.29, 1.82) is 0 Å². The molecule has 0 unspecified atom stereocenters. The highest BCUT2D eigenvalue weighted by atomic mass is 16.5. The molecule has 0 heterocycles. The van der Waals surface area contributed by atoms with Gasteiger partial charge in [-0.1, -0.05) is 13.8 Å². The zero-order valence-electron chi connectivity index (χ0n) is 16.9. The van der Waals surface area contributed by atoms with Crippen LogP contribution in [-0.4, -0.2) is 29.6 Å². The third-order valence-electron chi connectivity index (χ3n) is 4.89. The van der Waals surface area contributed by atoms with Gasteiger partial charge in [0.25, 0.3) is 11.8 Å². The van der Waals surface area contributed by atoms with Crippen LogP contribution in [0.25, 0.3) is 0 Å². The molecule has 1 saturated carbocycles. The van der Waals surface area contributed by atoms with Gasteiger partial charge in [-0.15, -0.1) is 0 Å². The van der Waals surface area contributed by atoms with E-state index in [4.69, 9.17) is 4.74 Å². The second-order valence-electron chi connectivity index (χ2n) is 7.84. The summed E-state index contributed by atoms with van der Waals surface area (Å²) >= 11 is 0. The van der Waals surface area contributed by atoms with E-state index in [0.717, 1.165) is 18.6 Å². The van der Waals surface area contributed by atoms with Gasteiger partial charge in [0.2, 0.25) is 0 Å². The lowest BCUT2D eigenvalue weighted by Crippen LogP contribution is -2.28. The minimum absolute atomic E-state index is 0.0360. The Morgan fingerprint density at radius 3 is 2.41 bits per heavy atom. The lowest BCUT2D eigenvalue weighted by atomic mass is 10.1. The number of nitrogens with one attached hydrogen (secondary N) is 2. The van der Waals surface area contributed by atoms with Crippen molar-refractivity contribution in [3.8, 4) is 11.5 Å². The summed E-state index contributed by atoms with van der Waals surface area (Å²) in [5.41, 5.74) is 1.03. The Labute approximate surface area is 171 Å². The van der Waals surface area contributed by atoms with E-state index in [0.29, 0.717) is 23.7 Å². The molecule has 1 aliphatic rings. The zero-order valence-corrected chi connectivity index (χ0v) is 16.9. The van der Waals surface area contributed by atoms with Gasteiger partial charge in [-0.25, -0.2) is 0 Å². The van der Waals surface area contributed by atoms with Crippen molar-refractivity contribution in [2.75, 3.05) is 11.9 Å². The molecule has 1 fully saturated rings. The number of hydrogen-bond acceptors (Lipinski definition) is 4. The van der Waals surface area contributed by atoms with Crippen LogP contribution in [0.15, 0.2) is 42.5 Å². The predicted molar refractivity (Wildman–Crippen MR) is 113 cm³/mol. The number of carbonyl (C=O) groups excluding carboxylic acids is 2. The van der Waals surface area contributed by atoms with Crippen molar-refractivity contribution in [3.05, 3.63) is 53.6 Å². The Bertz CT molecular complexity index is 856. The normalized spacial score (nSPS) is 14.0. The summed E-state index contributed by atoms with van der Waals surface area (Å²) in [4.78, 5) is 25.1. The molecular weight excluding hydrogens is 368 g/mol. The Morgan fingerprint density at radius 1 is 1.07 bits per heavy atom. The molecule has 0 aromatic heterocycles. The van der Waals surface area contributed by atoms with Crippen LogP contribution < -0.4 is 15.4 Å². The molecule has 0 spiro atoms. The molecule has 2 aromatic rings. The minimum atomic E-state index is -0.342. The van der Waals surface area contributed by atoms with Crippen molar-refractivity contribution in [2.45, 2.75) is 45.6 Å². The van der Waals surface area contributed by atoms with E-state index in [1.165, 1.54) is 31.0 Å². The molecule has 0 radical (unpaired) electrons. The maximum Gasteiger partial charge on any atom is 0.255 e. The van der Waals surface area contributed by atoms with E-state index in [1.54, 1.807) is 24.3 Å². The Kier molecular flexibility index (Phi) is 6.75. The SMILES string of the molecule is CC(C)CNC(=O)c1cc(O)ccc1NC(=O)c1ccc(OC2CCCC2)cc1. The fourth-order valence-electron chi connectivity index (χ4n) is 3.30. The van der Waals surface area contributed by atoms with Gasteiger partial charge in [-0.3, -0.25) is 9.59 Å². The molecule has 0 saturated heterocycles. The molecule has 3 rings (SSSR count). The number of amides is 2. The van der Waals surface area contributed by atoms with Crippen LogP contribution in [0.1, 0.15) is 60.2 Å². The smallest absolute Gasteiger partial charge is 0.255 e. The molecule has 0 aliphatic heterocycles. The first kappa shape index (κ1) is 20.7. The van der Waals surface area contributed by atoms with E-state index in [-0.39, 0.29) is 29.2 Å². The molecule has 6 nitrogen and oxygen atoms in total. The van der Waals surface area contributed by atoms with Crippen molar-refractivity contribution < 1.29 is 19.4 Å². The summed E-state index contributed by atoms with van der Waals surface area (Å²) < 4.78 is 5.93. The summed E-state index contributed by atoms with van der Waals surface area (Å²) in [6.45, 7) is 4.49. The molecule has 154 valence electrons. The van der Waals surface area contributed by atoms with Gasteiger partial charge in [0.15, 0.2) is 0 Å². The van der Waals surface area contributed by atoms with Gasteiger partial charge >= 0.3 is 0 Å². The third-order valence-corrected chi connectivity index (χ3v) is 4.89. The van der Waals surface area contributed by atoms with Crippen molar-refractivity contribution in [2.24, 2.45) is 5.92 Å². The van der Waals surface area contributed by atoms with Gasteiger partial charge in [0.05, 0.1) is 17.4 Å². The molecule has 2 aromatic carbocycles. The second-order valence-corrected chi connectivity index (χ2v) is 7.84. The van der Waals surface area contributed by atoms with E-state index in [9.17, 15) is 14.7 Å². The lowest BCUT2D eigenvalue weighted by Gasteiger charge is -2.14. The van der Waals surface area contributed by atoms with E-state index < -0.39 is 0 Å². The molecular formula is C23H28N2O4. The van der Waals surface area contributed by atoms with Crippen LogP contribution in [0.3, 0.4) is 0 Å².